The van der Waals surface area contributed by atoms with Crippen molar-refractivity contribution in [3.05, 3.63) is 35.9 Å². The minimum atomic E-state index is -0.364. The summed E-state index contributed by atoms with van der Waals surface area (Å²) in [5.41, 5.74) is 1.33. The summed E-state index contributed by atoms with van der Waals surface area (Å²) < 4.78 is 0. The lowest BCUT2D eigenvalue weighted by atomic mass is 9.75. The maximum atomic E-state index is 12.2. The van der Waals surface area contributed by atoms with Gasteiger partial charge in [0.1, 0.15) is 6.61 Å². The first-order chi connectivity index (χ1) is 10.3. The minimum Gasteiger partial charge on any atom is -0.387 e. The van der Waals surface area contributed by atoms with Gasteiger partial charge in [-0.15, -0.1) is 0 Å². The highest BCUT2D eigenvalue weighted by molar-refractivity contribution is 5.78. The van der Waals surface area contributed by atoms with Gasteiger partial charge in [0.05, 0.1) is 6.04 Å². The molecular formula is C17H22N2O2. The number of fused-ring (bicyclic) bond motifs is 2. The van der Waals surface area contributed by atoms with Crippen LogP contribution in [0.5, 0.6) is 0 Å². The lowest BCUT2D eigenvalue weighted by Crippen LogP contribution is -2.61. The largest absolute Gasteiger partial charge is 0.387 e. The van der Waals surface area contributed by atoms with Gasteiger partial charge >= 0.3 is 0 Å². The van der Waals surface area contributed by atoms with Crippen LogP contribution < -0.4 is 0 Å². The van der Waals surface area contributed by atoms with Crippen LogP contribution in [0.2, 0.25) is 0 Å². The van der Waals surface area contributed by atoms with E-state index in [1.165, 1.54) is 18.4 Å². The van der Waals surface area contributed by atoms with Crippen molar-refractivity contribution in [3.63, 3.8) is 0 Å². The molecule has 0 unspecified atom stereocenters. The number of piperidine rings is 3. The van der Waals surface area contributed by atoms with Crippen LogP contribution in [0.1, 0.15) is 24.3 Å². The number of benzene rings is 1. The molecule has 21 heavy (non-hydrogen) atoms. The summed E-state index contributed by atoms with van der Waals surface area (Å²) >= 11 is 0. The SMILES string of the molecule is O=C(CO)N1C[C@@H](c2ccccc2)[C@@H]2[C@H]1C1CCN2CC1. The van der Waals surface area contributed by atoms with Crippen molar-refractivity contribution in [3.8, 4) is 0 Å². The average molecular weight is 286 g/mol. The Morgan fingerprint density at radius 2 is 1.86 bits per heavy atom. The number of amides is 1. The Balaban J connectivity index is 1.71. The third-order valence-corrected chi connectivity index (χ3v) is 5.68. The van der Waals surface area contributed by atoms with E-state index in [0.29, 0.717) is 23.9 Å². The van der Waals surface area contributed by atoms with E-state index < -0.39 is 0 Å². The van der Waals surface area contributed by atoms with E-state index in [1.54, 1.807) is 0 Å². The molecule has 4 nitrogen and oxygen atoms in total. The minimum absolute atomic E-state index is 0.0998. The van der Waals surface area contributed by atoms with Crippen molar-refractivity contribution in [2.75, 3.05) is 26.2 Å². The van der Waals surface area contributed by atoms with Gasteiger partial charge in [-0.1, -0.05) is 30.3 Å². The van der Waals surface area contributed by atoms with Crippen LogP contribution in [0.25, 0.3) is 0 Å². The van der Waals surface area contributed by atoms with Gasteiger partial charge in [-0.3, -0.25) is 9.69 Å². The molecule has 4 saturated heterocycles. The zero-order valence-corrected chi connectivity index (χ0v) is 12.2. The van der Waals surface area contributed by atoms with E-state index in [1.807, 2.05) is 11.0 Å². The molecule has 0 spiro atoms. The lowest BCUT2D eigenvalue weighted by Gasteiger charge is -2.51. The summed E-state index contributed by atoms with van der Waals surface area (Å²) in [6, 6.07) is 11.3. The smallest absolute Gasteiger partial charge is 0.248 e. The Morgan fingerprint density at radius 3 is 2.52 bits per heavy atom. The summed E-state index contributed by atoms with van der Waals surface area (Å²) in [6.45, 7) is 2.72. The Hall–Kier alpha value is -1.39. The van der Waals surface area contributed by atoms with Crippen LogP contribution in [-0.2, 0) is 4.79 Å². The fraction of sp³-hybridized carbons (Fsp3) is 0.588. The van der Waals surface area contributed by atoms with Crippen molar-refractivity contribution >= 4 is 5.91 Å². The summed E-state index contributed by atoms with van der Waals surface area (Å²) in [5.74, 6) is 0.899. The van der Waals surface area contributed by atoms with Crippen LogP contribution in [0.4, 0.5) is 0 Å². The monoisotopic (exact) mass is 286 g/mol. The van der Waals surface area contributed by atoms with Crippen LogP contribution >= 0.6 is 0 Å². The highest BCUT2D eigenvalue weighted by Gasteiger charge is 2.54. The molecule has 1 aromatic rings. The zero-order valence-electron chi connectivity index (χ0n) is 12.2. The molecule has 0 saturated carbocycles. The molecule has 0 radical (unpaired) electrons. The summed E-state index contributed by atoms with van der Waals surface area (Å²) in [5, 5.41) is 9.31. The van der Waals surface area contributed by atoms with E-state index in [4.69, 9.17) is 0 Å². The zero-order chi connectivity index (χ0) is 14.4. The van der Waals surface area contributed by atoms with E-state index in [0.717, 1.165) is 19.6 Å². The number of nitrogens with zero attached hydrogens (tertiary/aromatic N) is 2. The number of likely N-dealkylation sites (tertiary alicyclic amines) is 1. The molecule has 4 heterocycles. The predicted octanol–water partition coefficient (Wildman–Crippen LogP) is 1.07. The molecule has 2 bridgehead atoms. The summed E-state index contributed by atoms with van der Waals surface area (Å²) in [6.07, 6.45) is 2.38. The van der Waals surface area contributed by atoms with Gasteiger partial charge in [0.15, 0.2) is 0 Å². The van der Waals surface area contributed by atoms with E-state index >= 15 is 0 Å². The molecule has 0 aliphatic carbocycles. The van der Waals surface area contributed by atoms with E-state index in [2.05, 4.69) is 29.2 Å². The molecule has 1 amide bonds. The average Bonchev–Trinajstić information content (AvgIpc) is 2.99. The Kier molecular flexibility index (Phi) is 3.23. The van der Waals surface area contributed by atoms with Crippen LogP contribution in [-0.4, -0.2) is 59.1 Å². The molecule has 1 N–H and O–H groups in total. The maximum absolute atomic E-state index is 12.2. The first-order valence-electron chi connectivity index (χ1n) is 7.99. The predicted molar refractivity (Wildman–Crippen MR) is 79.9 cm³/mol. The highest BCUT2D eigenvalue weighted by Crippen LogP contribution is 2.46. The second-order valence-corrected chi connectivity index (χ2v) is 6.58. The highest BCUT2D eigenvalue weighted by atomic mass is 16.3. The molecule has 1 aromatic carbocycles. The topological polar surface area (TPSA) is 43.8 Å². The molecule has 5 rings (SSSR count). The number of hydrogen-bond acceptors (Lipinski definition) is 3. The number of hydrogen-bond donors (Lipinski definition) is 1. The maximum Gasteiger partial charge on any atom is 0.248 e. The fourth-order valence-electron chi connectivity index (χ4n) is 4.79. The molecule has 4 heteroatoms. The van der Waals surface area contributed by atoms with Gasteiger partial charge in [0.25, 0.3) is 0 Å². The molecular weight excluding hydrogens is 264 g/mol. The summed E-state index contributed by atoms with van der Waals surface area (Å²) in [4.78, 5) is 16.7. The van der Waals surface area contributed by atoms with E-state index in [-0.39, 0.29) is 12.5 Å². The Labute approximate surface area is 125 Å². The number of carbonyl (C=O) groups is 1. The van der Waals surface area contributed by atoms with Crippen molar-refractivity contribution < 1.29 is 9.90 Å². The molecule has 4 aliphatic rings. The number of rotatable bonds is 2. The van der Waals surface area contributed by atoms with Gasteiger partial charge in [-0.2, -0.15) is 0 Å². The fourth-order valence-corrected chi connectivity index (χ4v) is 4.79. The van der Waals surface area contributed by atoms with Gasteiger partial charge in [-0.25, -0.2) is 0 Å². The summed E-state index contributed by atoms with van der Waals surface area (Å²) in [7, 11) is 0. The Morgan fingerprint density at radius 1 is 1.14 bits per heavy atom. The lowest BCUT2D eigenvalue weighted by molar-refractivity contribution is -0.138. The van der Waals surface area contributed by atoms with Gasteiger partial charge in [0.2, 0.25) is 5.91 Å². The van der Waals surface area contributed by atoms with E-state index in [9.17, 15) is 9.90 Å². The third kappa shape index (κ3) is 2.00. The van der Waals surface area contributed by atoms with Gasteiger partial charge in [0, 0.05) is 18.5 Å². The third-order valence-electron chi connectivity index (χ3n) is 5.68. The number of aliphatic hydroxyl groups excluding tert-OH is 1. The van der Waals surface area contributed by atoms with Crippen molar-refractivity contribution in [1.82, 2.24) is 9.80 Å². The standard InChI is InChI=1S/C17H22N2O2/c20-11-15(21)19-10-14(12-4-2-1-3-5-12)17-16(19)13-6-8-18(17)9-7-13/h1-5,13-14,16-17,20H,6-11H2/t14-,16+,17+/m0/s1. The first kappa shape index (κ1) is 13.3. The quantitative estimate of drug-likeness (QED) is 0.884. The van der Waals surface area contributed by atoms with Gasteiger partial charge in [-0.05, 0) is 37.4 Å². The Bertz CT molecular complexity index is 525. The molecule has 112 valence electrons. The van der Waals surface area contributed by atoms with Crippen LogP contribution in [0, 0.1) is 5.92 Å². The molecule has 4 fully saturated rings. The second-order valence-electron chi connectivity index (χ2n) is 6.58. The van der Waals surface area contributed by atoms with Crippen molar-refractivity contribution in [1.29, 1.82) is 0 Å². The normalized spacial score (nSPS) is 37.6. The van der Waals surface area contributed by atoms with Crippen LogP contribution in [0.3, 0.4) is 0 Å². The second kappa shape index (κ2) is 5.11. The number of aliphatic hydroxyl groups is 1. The first-order valence-corrected chi connectivity index (χ1v) is 7.99. The van der Waals surface area contributed by atoms with Gasteiger partial charge < -0.3 is 10.0 Å². The molecule has 0 aromatic heterocycles. The van der Waals surface area contributed by atoms with Crippen LogP contribution in [0.15, 0.2) is 30.3 Å². The number of carbonyl (C=O) groups excluding carboxylic acids is 1. The molecule has 4 aliphatic heterocycles. The molecule has 3 atom stereocenters. The van der Waals surface area contributed by atoms with Crippen molar-refractivity contribution in [2.45, 2.75) is 30.8 Å². The van der Waals surface area contributed by atoms with Crippen molar-refractivity contribution in [2.24, 2.45) is 5.92 Å².